The number of ether oxygens (including phenoxy) is 3. The first-order valence-electron chi connectivity index (χ1n) is 14.6. The average Bonchev–Trinajstić information content (AvgIpc) is 3.39. The molecule has 3 aromatic carbocycles. The van der Waals surface area contributed by atoms with Gasteiger partial charge in [0, 0.05) is 23.6 Å². The highest BCUT2D eigenvalue weighted by Crippen LogP contribution is 2.61. The van der Waals surface area contributed by atoms with Crippen molar-refractivity contribution in [2.75, 3.05) is 17.2 Å². The lowest BCUT2D eigenvalue weighted by atomic mass is 10.1. The molecule has 4 aromatic rings. The summed E-state index contributed by atoms with van der Waals surface area (Å²) >= 11 is 0. The summed E-state index contributed by atoms with van der Waals surface area (Å²) in [6.07, 6.45) is -7.75. The van der Waals surface area contributed by atoms with E-state index in [4.69, 9.17) is 23.3 Å². The van der Waals surface area contributed by atoms with Crippen LogP contribution in [0.4, 0.5) is 21.0 Å². The first kappa shape index (κ1) is 36.4. The van der Waals surface area contributed by atoms with Crippen molar-refractivity contribution in [2.45, 2.75) is 31.1 Å². The molecule has 264 valence electrons. The zero-order chi connectivity index (χ0) is 35.7. The number of benzene rings is 3. The molecule has 0 saturated carbocycles. The van der Waals surface area contributed by atoms with Crippen molar-refractivity contribution in [1.82, 2.24) is 9.55 Å². The molecule has 18 nitrogen and oxygen atoms in total. The maximum atomic E-state index is 13.1. The molecule has 1 saturated heterocycles. The Labute approximate surface area is 282 Å². The van der Waals surface area contributed by atoms with Crippen LogP contribution in [0.25, 0.3) is 0 Å². The lowest BCUT2D eigenvalue weighted by Crippen LogP contribution is -2.44. The summed E-state index contributed by atoms with van der Waals surface area (Å²) in [5, 5.41) is 4.93. The molecular weight excluding hydrogens is 702 g/mol. The Hall–Kier alpha value is -4.90. The van der Waals surface area contributed by atoms with Crippen LogP contribution < -0.4 is 21.9 Å². The second-order valence-corrected chi connectivity index (χ2v) is 13.4. The number of nitrogens with one attached hydrogen (secondary N) is 3. The van der Waals surface area contributed by atoms with Gasteiger partial charge >= 0.3 is 33.5 Å². The summed E-state index contributed by atoms with van der Waals surface area (Å²) in [7, 11) is -10.6. The number of nitrogens with zero attached hydrogens (tertiary/aromatic N) is 1. The number of anilines is 2. The second-order valence-electron chi connectivity index (χ2n) is 10.4. The third-order valence-electron chi connectivity index (χ3n) is 6.78. The molecule has 0 bridgehead atoms. The Bertz CT molecular complexity index is 1980. The Balaban J connectivity index is 1.39. The molecule has 1 fully saturated rings. The van der Waals surface area contributed by atoms with E-state index in [1.54, 1.807) is 91.0 Å². The largest absolute Gasteiger partial charge is 0.481 e. The van der Waals surface area contributed by atoms with E-state index < -0.39 is 76.8 Å². The number of aromatic amines is 1. The molecule has 3 unspecified atom stereocenters. The zero-order valence-corrected chi connectivity index (χ0v) is 27.5. The fraction of sp³-hybridized carbons (Fsp3) is 0.200. The van der Waals surface area contributed by atoms with Gasteiger partial charge in [-0.2, -0.15) is 4.31 Å². The summed E-state index contributed by atoms with van der Waals surface area (Å²) in [6, 6.07) is 25.2. The molecule has 1 aromatic heterocycles. The van der Waals surface area contributed by atoms with Crippen molar-refractivity contribution in [3.8, 4) is 0 Å². The topological polar surface area (TPSA) is 243 Å². The van der Waals surface area contributed by atoms with Crippen molar-refractivity contribution < 1.29 is 56.1 Å². The average molecular weight is 733 g/mol. The van der Waals surface area contributed by atoms with Crippen LogP contribution in [0.5, 0.6) is 0 Å². The highest BCUT2D eigenvalue weighted by atomic mass is 31.3. The standard InChI is InChI=1S/C30H30N4O14P2/c35-24-16-17-34(28(36)33-24)27-26(47-30(38)32-22-14-8-3-9-15-22)25(46-29(37)31-21-12-6-2-7-13-21)23(45-27)19-44-50(41,42)48-49(39,40)43-18-20-10-4-1-5-11-20/h1-17,23,25-27H,18-19H2,(H,31,37)(H,32,38)(H,39,40)(H,41,42)(H,33,35,36)/t23-,25?,26+,27-/m1/s1. The fourth-order valence-corrected chi connectivity index (χ4v) is 6.69. The molecule has 6 atom stereocenters. The van der Waals surface area contributed by atoms with Crippen molar-refractivity contribution in [1.29, 1.82) is 0 Å². The van der Waals surface area contributed by atoms with Crippen LogP contribution >= 0.6 is 15.6 Å². The lowest BCUT2D eigenvalue weighted by molar-refractivity contribution is -0.0554. The van der Waals surface area contributed by atoms with Gasteiger partial charge in [0.05, 0.1) is 13.2 Å². The Morgan fingerprint density at radius 2 is 1.28 bits per heavy atom. The van der Waals surface area contributed by atoms with E-state index in [-0.39, 0.29) is 0 Å². The van der Waals surface area contributed by atoms with Gasteiger partial charge in [-0.15, -0.1) is 0 Å². The van der Waals surface area contributed by atoms with Crippen LogP contribution in [-0.4, -0.2) is 56.4 Å². The number of phosphoric acid groups is 2. The van der Waals surface area contributed by atoms with Crippen LogP contribution in [-0.2, 0) is 43.3 Å². The summed E-state index contributed by atoms with van der Waals surface area (Å²) in [6.45, 7) is -1.45. The molecule has 1 aliphatic rings. The van der Waals surface area contributed by atoms with E-state index in [9.17, 15) is 38.1 Å². The molecule has 0 spiro atoms. The number of phosphoric ester groups is 2. The minimum Gasteiger partial charge on any atom is -0.439 e. The van der Waals surface area contributed by atoms with Crippen LogP contribution in [0, 0.1) is 0 Å². The van der Waals surface area contributed by atoms with Gasteiger partial charge in [0.15, 0.2) is 18.4 Å². The van der Waals surface area contributed by atoms with E-state index in [0.717, 1.165) is 16.8 Å². The van der Waals surface area contributed by atoms with E-state index in [0.29, 0.717) is 16.9 Å². The van der Waals surface area contributed by atoms with Gasteiger partial charge in [-0.25, -0.2) is 23.5 Å². The van der Waals surface area contributed by atoms with Crippen molar-refractivity contribution in [3.63, 3.8) is 0 Å². The van der Waals surface area contributed by atoms with E-state index in [2.05, 4.69) is 14.9 Å². The van der Waals surface area contributed by atoms with Gasteiger partial charge in [-0.3, -0.25) is 34.0 Å². The molecule has 50 heavy (non-hydrogen) atoms. The van der Waals surface area contributed by atoms with Crippen molar-refractivity contribution in [2.24, 2.45) is 0 Å². The number of aromatic nitrogens is 2. The number of carbonyl (C=O) groups excluding carboxylic acids is 2. The number of hydrogen-bond donors (Lipinski definition) is 5. The first-order chi connectivity index (χ1) is 23.9. The number of hydrogen-bond acceptors (Lipinski definition) is 12. The second kappa shape index (κ2) is 16.2. The monoisotopic (exact) mass is 732 g/mol. The fourth-order valence-electron chi connectivity index (χ4n) is 4.62. The molecule has 0 radical (unpaired) electrons. The van der Waals surface area contributed by atoms with Gasteiger partial charge < -0.3 is 24.0 Å². The normalized spacial score (nSPS) is 20.9. The SMILES string of the molecule is O=C(Nc1ccccc1)OC1[C@@H](COP(=O)(O)OP(=O)(O)OCc2ccccc2)O[C@@H](n2ccc(=O)[nH]c2=O)[C@H]1OC(=O)Nc1ccccc1. The number of H-pyrrole nitrogens is 1. The molecule has 2 heterocycles. The molecule has 5 rings (SSSR count). The van der Waals surface area contributed by atoms with Crippen molar-refractivity contribution in [3.05, 3.63) is 130 Å². The molecular formula is C30H30N4O14P2. The highest BCUT2D eigenvalue weighted by molar-refractivity contribution is 7.61. The number of rotatable bonds is 13. The Morgan fingerprint density at radius 3 is 1.84 bits per heavy atom. The molecule has 1 aliphatic heterocycles. The summed E-state index contributed by atoms with van der Waals surface area (Å²) < 4.78 is 57.3. The molecule has 2 amide bonds. The van der Waals surface area contributed by atoms with Gasteiger partial charge in [0.1, 0.15) is 6.10 Å². The van der Waals surface area contributed by atoms with E-state index >= 15 is 0 Å². The van der Waals surface area contributed by atoms with Crippen LogP contribution in [0.3, 0.4) is 0 Å². The molecule has 20 heteroatoms. The minimum absolute atomic E-state index is 0.305. The lowest BCUT2D eigenvalue weighted by Gasteiger charge is -2.25. The van der Waals surface area contributed by atoms with Crippen LogP contribution in [0.1, 0.15) is 11.8 Å². The van der Waals surface area contributed by atoms with Gasteiger partial charge in [-0.1, -0.05) is 66.7 Å². The maximum Gasteiger partial charge on any atom is 0.481 e. The predicted molar refractivity (Wildman–Crippen MR) is 174 cm³/mol. The van der Waals surface area contributed by atoms with Gasteiger partial charge in [-0.05, 0) is 29.8 Å². The molecule has 0 aliphatic carbocycles. The van der Waals surface area contributed by atoms with E-state index in [1.165, 1.54) is 0 Å². The smallest absolute Gasteiger partial charge is 0.439 e. The minimum atomic E-state index is -5.41. The Kier molecular flexibility index (Phi) is 11.8. The third-order valence-corrected chi connectivity index (χ3v) is 9.36. The highest BCUT2D eigenvalue weighted by Gasteiger charge is 2.52. The Morgan fingerprint density at radius 1 is 0.760 bits per heavy atom. The van der Waals surface area contributed by atoms with Crippen LogP contribution in [0.15, 0.2) is 113 Å². The predicted octanol–water partition coefficient (Wildman–Crippen LogP) is 4.12. The van der Waals surface area contributed by atoms with Crippen LogP contribution in [0.2, 0.25) is 0 Å². The van der Waals surface area contributed by atoms with Gasteiger partial charge in [0.25, 0.3) is 5.56 Å². The van der Waals surface area contributed by atoms with Crippen molar-refractivity contribution >= 4 is 39.2 Å². The van der Waals surface area contributed by atoms with Gasteiger partial charge in [0.2, 0.25) is 0 Å². The zero-order valence-electron chi connectivity index (χ0n) is 25.7. The number of carbonyl (C=O) groups is 2. The quantitative estimate of drug-likeness (QED) is 0.122. The summed E-state index contributed by atoms with van der Waals surface area (Å²) in [4.78, 5) is 73.1. The van der Waals surface area contributed by atoms with E-state index in [1.807, 2.05) is 4.98 Å². The number of para-hydroxylation sites is 2. The first-order valence-corrected chi connectivity index (χ1v) is 17.6. The number of amides is 2. The summed E-state index contributed by atoms with van der Waals surface area (Å²) in [5.41, 5.74) is -0.701. The summed E-state index contributed by atoms with van der Waals surface area (Å²) in [5.74, 6) is 0. The third kappa shape index (κ3) is 10.3. The maximum absolute atomic E-state index is 13.1. The molecule has 5 N–H and O–H groups in total.